The SMILES string of the molecule is CC(C)CC(NC(=O)COc1cccc(C(C)C)c1)C(=O)O. The summed E-state index contributed by atoms with van der Waals surface area (Å²) in [5.74, 6) is -0.284. The molecular formula is C17H25NO4. The molecule has 2 N–H and O–H groups in total. The molecule has 5 nitrogen and oxygen atoms in total. The van der Waals surface area contributed by atoms with E-state index >= 15 is 0 Å². The molecule has 5 heteroatoms. The lowest BCUT2D eigenvalue weighted by Gasteiger charge is -2.16. The summed E-state index contributed by atoms with van der Waals surface area (Å²) in [5.41, 5.74) is 1.13. The fraction of sp³-hybridized carbons (Fsp3) is 0.529. The van der Waals surface area contributed by atoms with Crippen LogP contribution in [0.15, 0.2) is 24.3 Å². The summed E-state index contributed by atoms with van der Waals surface area (Å²) >= 11 is 0. The number of hydrogen-bond acceptors (Lipinski definition) is 3. The van der Waals surface area contributed by atoms with Crippen molar-refractivity contribution in [2.75, 3.05) is 6.61 Å². The van der Waals surface area contributed by atoms with Crippen molar-refractivity contribution in [1.82, 2.24) is 5.32 Å². The van der Waals surface area contributed by atoms with Gasteiger partial charge in [0.15, 0.2) is 6.61 Å². The number of benzene rings is 1. The molecule has 0 aliphatic carbocycles. The highest BCUT2D eigenvalue weighted by atomic mass is 16.5. The van der Waals surface area contributed by atoms with Crippen molar-refractivity contribution in [3.05, 3.63) is 29.8 Å². The molecule has 0 aliphatic heterocycles. The first-order chi connectivity index (χ1) is 10.3. The van der Waals surface area contributed by atoms with Gasteiger partial charge in [0.05, 0.1) is 0 Å². The van der Waals surface area contributed by atoms with E-state index in [0.29, 0.717) is 18.1 Å². The fourth-order valence-electron chi connectivity index (χ4n) is 2.04. The maximum Gasteiger partial charge on any atom is 0.326 e. The van der Waals surface area contributed by atoms with Crippen molar-refractivity contribution < 1.29 is 19.4 Å². The van der Waals surface area contributed by atoms with Gasteiger partial charge in [0, 0.05) is 0 Å². The van der Waals surface area contributed by atoms with Crippen molar-refractivity contribution >= 4 is 11.9 Å². The van der Waals surface area contributed by atoms with Crippen molar-refractivity contribution in [3.63, 3.8) is 0 Å². The van der Waals surface area contributed by atoms with E-state index in [1.165, 1.54) is 0 Å². The number of hydrogen-bond donors (Lipinski definition) is 2. The average Bonchev–Trinajstić information content (AvgIpc) is 2.44. The van der Waals surface area contributed by atoms with E-state index in [0.717, 1.165) is 5.56 Å². The zero-order valence-electron chi connectivity index (χ0n) is 13.6. The van der Waals surface area contributed by atoms with Gasteiger partial charge >= 0.3 is 5.97 Å². The van der Waals surface area contributed by atoms with Gasteiger partial charge in [-0.05, 0) is 36.0 Å². The van der Waals surface area contributed by atoms with Crippen LogP contribution in [-0.2, 0) is 9.59 Å². The summed E-state index contributed by atoms with van der Waals surface area (Å²) in [6, 6.07) is 6.67. The van der Waals surface area contributed by atoms with Gasteiger partial charge in [-0.3, -0.25) is 4.79 Å². The highest BCUT2D eigenvalue weighted by Crippen LogP contribution is 2.20. The Morgan fingerprint density at radius 2 is 1.91 bits per heavy atom. The van der Waals surface area contributed by atoms with Crippen LogP contribution in [0.4, 0.5) is 0 Å². The highest BCUT2D eigenvalue weighted by Gasteiger charge is 2.21. The highest BCUT2D eigenvalue weighted by molar-refractivity contribution is 5.84. The normalized spacial score (nSPS) is 12.3. The molecule has 122 valence electrons. The zero-order chi connectivity index (χ0) is 16.7. The zero-order valence-corrected chi connectivity index (χ0v) is 13.6. The quantitative estimate of drug-likeness (QED) is 0.774. The first-order valence-electron chi connectivity index (χ1n) is 7.54. The molecule has 0 bridgehead atoms. The molecule has 1 aromatic carbocycles. The molecule has 0 saturated carbocycles. The standard InChI is InChI=1S/C17H25NO4/c1-11(2)8-15(17(20)21)18-16(19)10-22-14-7-5-6-13(9-14)12(3)4/h5-7,9,11-12,15H,8,10H2,1-4H3,(H,18,19)(H,20,21). The van der Waals surface area contributed by atoms with Gasteiger partial charge in [-0.25, -0.2) is 4.79 Å². The van der Waals surface area contributed by atoms with Crippen LogP contribution in [0.5, 0.6) is 5.75 Å². The van der Waals surface area contributed by atoms with Crippen LogP contribution in [0.25, 0.3) is 0 Å². The molecule has 0 aliphatic rings. The van der Waals surface area contributed by atoms with Gasteiger partial charge < -0.3 is 15.2 Å². The molecule has 1 aromatic rings. The Bertz CT molecular complexity index is 511. The molecule has 1 rings (SSSR count). The molecule has 1 atom stereocenters. The first-order valence-corrected chi connectivity index (χ1v) is 7.54. The molecule has 0 heterocycles. The first kappa shape index (κ1) is 18.0. The number of carbonyl (C=O) groups excluding carboxylic acids is 1. The van der Waals surface area contributed by atoms with E-state index < -0.39 is 17.9 Å². The van der Waals surface area contributed by atoms with Gasteiger partial charge in [-0.15, -0.1) is 0 Å². The topological polar surface area (TPSA) is 75.6 Å². The number of aliphatic carboxylic acids is 1. The maximum atomic E-state index is 11.8. The summed E-state index contributed by atoms with van der Waals surface area (Å²) in [6.45, 7) is 7.79. The van der Waals surface area contributed by atoms with E-state index in [1.807, 2.05) is 32.0 Å². The van der Waals surface area contributed by atoms with Gasteiger partial charge in [0.1, 0.15) is 11.8 Å². The van der Waals surface area contributed by atoms with Crippen LogP contribution in [0, 0.1) is 5.92 Å². The molecule has 1 unspecified atom stereocenters. The monoisotopic (exact) mass is 307 g/mol. The van der Waals surface area contributed by atoms with Gasteiger partial charge in [0.2, 0.25) is 0 Å². The number of ether oxygens (including phenoxy) is 1. The predicted molar refractivity (Wildman–Crippen MR) is 85.0 cm³/mol. The summed E-state index contributed by atoms with van der Waals surface area (Å²) < 4.78 is 5.44. The van der Waals surface area contributed by atoms with Crippen molar-refractivity contribution in [3.8, 4) is 5.75 Å². The minimum absolute atomic E-state index is 0.185. The van der Waals surface area contributed by atoms with Crippen LogP contribution in [0.2, 0.25) is 0 Å². The summed E-state index contributed by atoms with van der Waals surface area (Å²) in [5, 5.41) is 11.6. The van der Waals surface area contributed by atoms with Crippen LogP contribution < -0.4 is 10.1 Å². The summed E-state index contributed by atoms with van der Waals surface area (Å²) in [7, 11) is 0. The molecule has 0 saturated heterocycles. The molecule has 0 radical (unpaired) electrons. The van der Waals surface area contributed by atoms with Crippen LogP contribution in [0.3, 0.4) is 0 Å². The van der Waals surface area contributed by atoms with E-state index in [1.54, 1.807) is 6.07 Å². The smallest absolute Gasteiger partial charge is 0.326 e. The largest absolute Gasteiger partial charge is 0.484 e. The Morgan fingerprint density at radius 1 is 1.23 bits per heavy atom. The number of nitrogens with one attached hydrogen (secondary N) is 1. The van der Waals surface area contributed by atoms with Crippen molar-refractivity contribution in [2.45, 2.75) is 46.1 Å². The Kier molecular flexibility index (Phi) is 6.89. The van der Waals surface area contributed by atoms with Crippen LogP contribution in [0.1, 0.15) is 45.6 Å². The van der Waals surface area contributed by atoms with Gasteiger partial charge in [-0.1, -0.05) is 39.8 Å². The second-order valence-corrected chi connectivity index (χ2v) is 6.10. The second kappa shape index (κ2) is 8.41. The number of amides is 1. The van der Waals surface area contributed by atoms with E-state index in [2.05, 4.69) is 19.2 Å². The Balaban J connectivity index is 2.54. The van der Waals surface area contributed by atoms with Gasteiger partial charge in [-0.2, -0.15) is 0 Å². The van der Waals surface area contributed by atoms with Crippen molar-refractivity contribution in [2.24, 2.45) is 5.92 Å². The molecular weight excluding hydrogens is 282 g/mol. The minimum atomic E-state index is -1.02. The number of carboxylic acid groups (broad SMARTS) is 1. The third-order valence-electron chi connectivity index (χ3n) is 3.24. The minimum Gasteiger partial charge on any atom is -0.484 e. The molecule has 1 amide bonds. The van der Waals surface area contributed by atoms with Crippen LogP contribution >= 0.6 is 0 Å². The lowest BCUT2D eigenvalue weighted by Crippen LogP contribution is -2.43. The maximum absolute atomic E-state index is 11.8. The van der Waals surface area contributed by atoms with E-state index in [9.17, 15) is 9.59 Å². The van der Waals surface area contributed by atoms with Gasteiger partial charge in [0.25, 0.3) is 5.91 Å². The average molecular weight is 307 g/mol. The predicted octanol–water partition coefficient (Wildman–Crippen LogP) is 2.80. The Hall–Kier alpha value is -2.04. The molecule has 22 heavy (non-hydrogen) atoms. The Labute approximate surface area is 131 Å². The second-order valence-electron chi connectivity index (χ2n) is 6.10. The van der Waals surface area contributed by atoms with Crippen molar-refractivity contribution in [1.29, 1.82) is 0 Å². The molecule has 0 fully saturated rings. The third kappa shape index (κ3) is 6.16. The Morgan fingerprint density at radius 3 is 2.45 bits per heavy atom. The number of rotatable bonds is 8. The lowest BCUT2D eigenvalue weighted by atomic mass is 10.0. The summed E-state index contributed by atoms with van der Waals surface area (Å²) in [4.78, 5) is 22.9. The number of carbonyl (C=O) groups is 2. The summed E-state index contributed by atoms with van der Waals surface area (Å²) in [6.07, 6.45) is 0.393. The molecule has 0 aromatic heterocycles. The number of carboxylic acids is 1. The molecule has 0 spiro atoms. The van der Waals surface area contributed by atoms with Crippen LogP contribution in [-0.4, -0.2) is 29.6 Å². The fourth-order valence-corrected chi connectivity index (χ4v) is 2.04. The third-order valence-corrected chi connectivity index (χ3v) is 3.24. The van der Waals surface area contributed by atoms with E-state index in [4.69, 9.17) is 9.84 Å². The lowest BCUT2D eigenvalue weighted by molar-refractivity contribution is -0.142. The van der Waals surface area contributed by atoms with E-state index in [-0.39, 0.29) is 12.5 Å².